The minimum atomic E-state index is -0.133. The van der Waals surface area contributed by atoms with Gasteiger partial charge in [-0.15, -0.1) is 0 Å². The lowest BCUT2D eigenvalue weighted by molar-refractivity contribution is 0.281. The first-order chi connectivity index (χ1) is 8.13. The first-order valence-corrected chi connectivity index (χ1v) is 6.36. The van der Waals surface area contributed by atoms with Crippen LogP contribution in [-0.2, 0) is 6.61 Å². The Labute approximate surface area is 108 Å². The van der Waals surface area contributed by atoms with Crippen LogP contribution in [0.25, 0.3) is 0 Å². The van der Waals surface area contributed by atoms with E-state index in [-0.39, 0.29) is 6.61 Å². The molecule has 0 spiro atoms. The first kappa shape index (κ1) is 14.2. The number of anilines is 1. The molecular formula is C12H20ClN3O. The largest absolute Gasteiger partial charge is 0.391 e. The summed E-state index contributed by atoms with van der Waals surface area (Å²) in [6, 6.07) is 0. The Morgan fingerprint density at radius 3 is 2.65 bits per heavy atom. The Bertz CT molecular complexity index is 360. The lowest BCUT2D eigenvalue weighted by Crippen LogP contribution is -2.30. The highest BCUT2D eigenvalue weighted by Crippen LogP contribution is 2.24. The van der Waals surface area contributed by atoms with E-state index in [4.69, 9.17) is 11.6 Å². The van der Waals surface area contributed by atoms with Crippen molar-refractivity contribution < 1.29 is 5.11 Å². The van der Waals surface area contributed by atoms with Gasteiger partial charge in [-0.25, -0.2) is 9.97 Å². The maximum Gasteiger partial charge on any atom is 0.140 e. The zero-order valence-corrected chi connectivity index (χ0v) is 11.4. The smallest absolute Gasteiger partial charge is 0.140 e. The molecule has 0 saturated heterocycles. The van der Waals surface area contributed by atoms with Crippen LogP contribution in [0.5, 0.6) is 0 Å². The van der Waals surface area contributed by atoms with Gasteiger partial charge in [-0.1, -0.05) is 31.9 Å². The van der Waals surface area contributed by atoms with Crippen LogP contribution in [0.3, 0.4) is 0 Å². The molecular weight excluding hydrogens is 238 g/mol. The molecule has 5 heteroatoms. The molecule has 17 heavy (non-hydrogen) atoms. The van der Waals surface area contributed by atoms with Crippen molar-refractivity contribution in [2.75, 3.05) is 18.0 Å². The van der Waals surface area contributed by atoms with Crippen molar-refractivity contribution in [3.05, 3.63) is 17.0 Å². The summed E-state index contributed by atoms with van der Waals surface area (Å²) in [7, 11) is 0. The van der Waals surface area contributed by atoms with Crippen LogP contribution >= 0.6 is 11.6 Å². The minimum absolute atomic E-state index is 0.133. The van der Waals surface area contributed by atoms with Gasteiger partial charge >= 0.3 is 0 Å². The molecule has 1 heterocycles. The van der Waals surface area contributed by atoms with Crippen molar-refractivity contribution in [3.8, 4) is 0 Å². The highest BCUT2D eigenvalue weighted by molar-refractivity contribution is 6.30. The van der Waals surface area contributed by atoms with Crippen molar-refractivity contribution in [3.63, 3.8) is 0 Å². The van der Waals surface area contributed by atoms with Crippen LogP contribution in [0.4, 0.5) is 5.82 Å². The van der Waals surface area contributed by atoms with E-state index in [0.717, 1.165) is 25.3 Å². The molecule has 0 bridgehead atoms. The Morgan fingerprint density at radius 1 is 1.41 bits per heavy atom. The zero-order chi connectivity index (χ0) is 12.8. The maximum absolute atomic E-state index is 9.34. The highest BCUT2D eigenvalue weighted by Gasteiger charge is 2.16. The molecule has 0 saturated carbocycles. The van der Waals surface area contributed by atoms with E-state index in [1.165, 1.54) is 6.33 Å². The molecule has 0 aliphatic rings. The van der Waals surface area contributed by atoms with Gasteiger partial charge in [-0.3, -0.25) is 0 Å². The molecule has 1 rings (SSSR count). The fourth-order valence-corrected chi connectivity index (χ4v) is 1.85. The van der Waals surface area contributed by atoms with E-state index < -0.39 is 0 Å². The van der Waals surface area contributed by atoms with Crippen LogP contribution in [0, 0.1) is 5.92 Å². The van der Waals surface area contributed by atoms with Crippen molar-refractivity contribution in [2.24, 2.45) is 5.92 Å². The number of aliphatic hydroxyl groups excluding tert-OH is 1. The van der Waals surface area contributed by atoms with E-state index in [9.17, 15) is 5.11 Å². The molecule has 1 atom stereocenters. The van der Waals surface area contributed by atoms with Crippen molar-refractivity contribution >= 4 is 17.4 Å². The third-order valence-electron chi connectivity index (χ3n) is 2.94. The summed E-state index contributed by atoms with van der Waals surface area (Å²) in [5.74, 6) is 1.32. The predicted molar refractivity (Wildman–Crippen MR) is 70.3 cm³/mol. The lowest BCUT2D eigenvalue weighted by atomic mass is 10.1. The second-order valence-electron chi connectivity index (χ2n) is 4.18. The molecule has 1 N–H and O–H groups in total. The molecule has 0 aliphatic heterocycles. The Morgan fingerprint density at radius 2 is 2.12 bits per heavy atom. The normalized spacial score (nSPS) is 12.5. The number of hydrogen-bond acceptors (Lipinski definition) is 4. The van der Waals surface area contributed by atoms with Gasteiger partial charge in [0.25, 0.3) is 0 Å². The third-order valence-corrected chi connectivity index (χ3v) is 3.26. The fraction of sp³-hybridized carbons (Fsp3) is 0.667. The predicted octanol–water partition coefficient (Wildman–Crippen LogP) is 2.49. The molecule has 0 amide bonds. The van der Waals surface area contributed by atoms with E-state index in [2.05, 4.69) is 35.6 Å². The molecule has 4 nitrogen and oxygen atoms in total. The number of halogens is 1. The van der Waals surface area contributed by atoms with Crippen LogP contribution < -0.4 is 4.90 Å². The number of rotatable bonds is 6. The van der Waals surface area contributed by atoms with Gasteiger partial charge in [0.05, 0.1) is 12.2 Å². The highest BCUT2D eigenvalue weighted by atomic mass is 35.5. The first-order valence-electron chi connectivity index (χ1n) is 5.99. The van der Waals surface area contributed by atoms with Gasteiger partial charge in [-0.05, 0) is 12.8 Å². The summed E-state index contributed by atoms with van der Waals surface area (Å²) in [5.41, 5.74) is 0.610. The van der Waals surface area contributed by atoms with Gasteiger partial charge in [0.15, 0.2) is 0 Å². The number of hydrogen-bond donors (Lipinski definition) is 1. The van der Waals surface area contributed by atoms with Crippen LogP contribution in [0.2, 0.25) is 5.15 Å². The summed E-state index contributed by atoms with van der Waals surface area (Å²) >= 11 is 5.96. The molecule has 96 valence electrons. The third kappa shape index (κ3) is 3.54. The summed E-state index contributed by atoms with van der Waals surface area (Å²) in [6.07, 6.45) is 2.56. The topological polar surface area (TPSA) is 49.2 Å². The summed E-state index contributed by atoms with van der Waals surface area (Å²) in [6.45, 7) is 8.05. The molecule has 0 aliphatic carbocycles. The number of aliphatic hydroxyl groups is 1. The quantitative estimate of drug-likeness (QED) is 0.796. The van der Waals surface area contributed by atoms with Gasteiger partial charge in [0.1, 0.15) is 17.3 Å². The average molecular weight is 258 g/mol. The second-order valence-corrected chi connectivity index (χ2v) is 4.53. The molecule has 0 fully saturated rings. The van der Waals surface area contributed by atoms with Gasteiger partial charge in [0.2, 0.25) is 0 Å². The molecule has 1 aromatic heterocycles. The van der Waals surface area contributed by atoms with Crippen LogP contribution in [0.15, 0.2) is 6.33 Å². The van der Waals surface area contributed by atoms with Gasteiger partial charge in [0, 0.05) is 13.1 Å². The van der Waals surface area contributed by atoms with Crippen molar-refractivity contribution in [1.82, 2.24) is 9.97 Å². The zero-order valence-electron chi connectivity index (χ0n) is 10.6. The van der Waals surface area contributed by atoms with Crippen LogP contribution in [0.1, 0.15) is 32.8 Å². The van der Waals surface area contributed by atoms with Gasteiger partial charge < -0.3 is 10.0 Å². The Kier molecular flexibility index (Phi) is 5.65. The second kappa shape index (κ2) is 6.77. The van der Waals surface area contributed by atoms with Crippen molar-refractivity contribution in [1.29, 1.82) is 0 Å². The minimum Gasteiger partial charge on any atom is -0.391 e. The average Bonchev–Trinajstić information content (AvgIpc) is 2.35. The summed E-state index contributed by atoms with van der Waals surface area (Å²) in [4.78, 5) is 10.3. The number of nitrogens with zero attached hydrogens (tertiary/aromatic N) is 3. The molecule has 1 aromatic rings. The maximum atomic E-state index is 9.34. The molecule has 0 radical (unpaired) electrons. The Balaban J connectivity index is 2.98. The van der Waals surface area contributed by atoms with Crippen molar-refractivity contribution in [2.45, 2.75) is 33.8 Å². The fourth-order valence-electron chi connectivity index (χ4n) is 1.66. The molecule has 0 aromatic carbocycles. The summed E-state index contributed by atoms with van der Waals surface area (Å²) < 4.78 is 0. The van der Waals surface area contributed by atoms with E-state index in [0.29, 0.717) is 16.6 Å². The van der Waals surface area contributed by atoms with Gasteiger partial charge in [-0.2, -0.15) is 0 Å². The Hall–Kier alpha value is -0.870. The monoisotopic (exact) mass is 257 g/mol. The van der Waals surface area contributed by atoms with E-state index in [1.807, 2.05) is 0 Å². The standard InChI is InChI=1S/C12H20ClN3O/c1-4-9(3)6-16(5-2)12-10(7-17)11(13)14-8-15-12/h8-9,17H,4-7H2,1-3H3. The lowest BCUT2D eigenvalue weighted by Gasteiger charge is -2.26. The van der Waals surface area contributed by atoms with E-state index >= 15 is 0 Å². The SMILES string of the molecule is CCC(C)CN(CC)c1ncnc(Cl)c1CO. The molecule has 1 unspecified atom stereocenters. The van der Waals surface area contributed by atoms with Crippen LogP contribution in [-0.4, -0.2) is 28.2 Å². The number of aromatic nitrogens is 2. The summed E-state index contributed by atoms with van der Waals surface area (Å²) in [5, 5.41) is 9.68. The van der Waals surface area contributed by atoms with E-state index in [1.54, 1.807) is 0 Å².